The maximum Gasteiger partial charge on any atom is 0.324 e. The Hall–Kier alpha value is -0.910. The highest BCUT2D eigenvalue weighted by Gasteiger charge is 2.30. The molecule has 0 aromatic rings. The minimum Gasteiger partial charge on any atom is -0.329 e. The van der Waals surface area contributed by atoms with Crippen LogP contribution in [0.15, 0.2) is 0 Å². The second-order valence-corrected chi connectivity index (χ2v) is 4.77. The number of nitrogens with zero attached hydrogens (tertiary/aromatic N) is 1. The van der Waals surface area contributed by atoms with Crippen LogP contribution >= 0.6 is 0 Å². The van der Waals surface area contributed by atoms with E-state index < -0.39 is 10.8 Å². The minimum atomic E-state index is -1.01. The van der Waals surface area contributed by atoms with E-state index in [4.69, 9.17) is 0 Å². The van der Waals surface area contributed by atoms with Gasteiger partial charge in [0.25, 0.3) is 0 Å². The molecule has 6 heteroatoms. The normalized spacial score (nSPS) is 21.5. The Morgan fingerprint density at radius 2 is 2.23 bits per heavy atom. The number of carbonyl (C=O) groups excluding carboxylic acids is 2. The van der Waals surface area contributed by atoms with E-state index in [1.807, 2.05) is 0 Å². The van der Waals surface area contributed by atoms with Gasteiger partial charge in [0.2, 0.25) is 5.91 Å². The molecule has 2 unspecified atom stereocenters. The molecule has 0 radical (unpaired) electrons. The van der Waals surface area contributed by atoms with E-state index >= 15 is 0 Å². The standard InChI is InChI=1S/C7H12N2O3S/c1-5(13(2)12)4-9-6(10)3-8-7(9)11/h5H,3-4H2,1-2H3,(H,8,11). The van der Waals surface area contributed by atoms with Gasteiger partial charge in [-0.1, -0.05) is 0 Å². The Balaban J connectivity index is 2.57. The summed E-state index contributed by atoms with van der Waals surface area (Å²) in [5.41, 5.74) is 0. The van der Waals surface area contributed by atoms with Gasteiger partial charge in [0.05, 0.1) is 6.54 Å². The number of nitrogens with one attached hydrogen (secondary N) is 1. The summed E-state index contributed by atoms with van der Waals surface area (Å²) in [6, 6.07) is -0.387. The molecule has 0 aromatic carbocycles. The number of amides is 3. The average molecular weight is 204 g/mol. The zero-order chi connectivity index (χ0) is 10.0. The zero-order valence-corrected chi connectivity index (χ0v) is 8.39. The first kappa shape index (κ1) is 10.2. The number of hydrogen-bond donors (Lipinski definition) is 1. The third-order valence-corrected chi connectivity index (χ3v) is 3.23. The van der Waals surface area contributed by atoms with Crippen LogP contribution in [0.1, 0.15) is 6.92 Å². The molecule has 0 aromatic heterocycles. The van der Waals surface area contributed by atoms with Crippen LogP contribution in [0, 0.1) is 0 Å². The number of carbonyl (C=O) groups is 2. The van der Waals surface area contributed by atoms with Gasteiger partial charge < -0.3 is 5.32 Å². The molecule has 0 bridgehead atoms. The van der Waals surface area contributed by atoms with Gasteiger partial charge in [-0.3, -0.25) is 13.9 Å². The molecule has 1 fully saturated rings. The lowest BCUT2D eigenvalue weighted by Crippen LogP contribution is -2.37. The van der Waals surface area contributed by atoms with Gasteiger partial charge >= 0.3 is 6.03 Å². The zero-order valence-electron chi connectivity index (χ0n) is 7.57. The topological polar surface area (TPSA) is 66.5 Å². The third-order valence-electron chi connectivity index (χ3n) is 1.94. The predicted molar refractivity (Wildman–Crippen MR) is 48.6 cm³/mol. The van der Waals surface area contributed by atoms with Crippen molar-refractivity contribution in [2.45, 2.75) is 12.2 Å². The van der Waals surface area contributed by atoms with Crippen LogP contribution in [-0.2, 0) is 15.6 Å². The minimum absolute atomic E-state index is 0.0574. The van der Waals surface area contributed by atoms with Gasteiger partial charge in [-0.25, -0.2) is 4.79 Å². The Morgan fingerprint density at radius 3 is 2.62 bits per heavy atom. The lowest BCUT2D eigenvalue weighted by atomic mass is 10.4. The molecule has 1 saturated heterocycles. The molecule has 74 valence electrons. The van der Waals surface area contributed by atoms with E-state index in [-0.39, 0.29) is 30.3 Å². The van der Waals surface area contributed by atoms with Gasteiger partial charge in [-0.05, 0) is 6.92 Å². The van der Waals surface area contributed by atoms with Crippen LogP contribution in [0.2, 0.25) is 0 Å². The van der Waals surface area contributed by atoms with Gasteiger partial charge in [0.15, 0.2) is 0 Å². The molecule has 1 aliphatic heterocycles. The number of imide groups is 1. The molecule has 0 aliphatic carbocycles. The van der Waals surface area contributed by atoms with E-state index in [1.165, 1.54) is 0 Å². The largest absolute Gasteiger partial charge is 0.329 e. The molecule has 13 heavy (non-hydrogen) atoms. The van der Waals surface area contributed by atoms with E-state index in [0.29, 0.717) is 0 Å². The fraction of sp³-hybridized carbons (Fsp3) is 0.714. The van der Waals surface area contributed by atoms with Crippen LogP contribution in [0.25, 0.3) is 0 Å². The molecular weight excluding hydrogens is 192 g/mol. The van der Waals surface area contributed by atoms with Crippen LogP contribution in [0.5, 0.6) is 0 Å². The first-order valence-corrected chi connectivity index (χ1v) is 5.55. The van der Waals surface area contributed by atoms with Gasteiger partial charge in [0, 0.05) is 28.9 Å². The summed E-state index contributed by atoms with van der Waals surface area (Å²) >= 11 is 0. The van der Waals surface area contributed by atoms with E-state index in [1.54, 1.807) is 13.2 Å². The summed E-state index contributed by atoms with van der Waals surface area (Å²) in [5, 5.41) is 2.23. The van der Waals surface area contributed by atoms with Crippen molar-refractivity contribution < 1.29 is 13.8 Å². The Morgan fingerprint density at radius 1 is 1.62 bits per heavy atom. The fourth-order valence-electron chi connectivity index (χ4n) is 1.00. The molecule has 0 spiro atoms. The summed E-state index contributed by atoms with van der Waals surface area (Å²) < 4.78 is 11.0. The molecule has 1 rings (SSSR count). The number of hydrogen-bond acceptors (Lipinski definition) is 3. The highest BCUT2D eigenvalue weighted by atomic mass is 32.2. The summed E-state index contributed by atoms with van der Waals surface area (Å²) in [5.74, 6) is -0.248. The molecule has 1 aliphatic rings. The van der Waals surface area contributed by atoms with E-state index in [2.05, 4.69) is 5.32 Å². The smallest absolute Gasteiger partial charge is 0.324 e. The van der Waals surface area contributed by atoms with Gasteiger partial charge in [-0.2, -0.15) is 0 Å². The molecule has 3 amide bonds. The maximum absolute atomic E-state index is 11.1. The van der Waals surface area contributed by atoms with Crippen LogP contribution in [0.3, 0.4) is 0 Å². The van der Waals surface area contributed by atoms with E-state index in [9.17, 15) is 13.8 Å². The van der Waals surface area contributed by atoms with Gasteiger partial charge in [0.1, 0.15) is 0 Å². The molecule has 1 heterocycles. The van der Waals surface area contributed by atoms with Crippen molar-refractivity contribution in [3.05, 3.63) is 0 Å². The fourth-order valence-corrected chi connectivity index (χ4v) is 1.36. The Bertz CT molecular complexity index is 250. The number of urea groups is 1. The highest BCUT2D eigenvalue weighted by molar-refractivity contribution is 7.84. The van der Waals surface area contributed by atoms with Crippen molar-refractivity contribution in [1.29, 1.82) is 0 Å². The first-order valence-electron chi connectivity index (χ1n) is 3.93. The first-order chi connectivity index (χ1) is 6.02. The Kier molecular flexibility index (Phi) is 3.02. The molecule has 2 atom stereocenters. The van der Waals surface area contributed by atoms with Crippen LogP contribution in [-0.4, -0.2) is 45.6 Å². The second kappa shape index (κ2) is 3.87. The number of rotatable bonds is 3. The van der Waals surface area contributed by atoms with Crippen LogP contribution in [0.4, 0.5) is 4.79 Å². The quantitative estimate of drug-likeness (QED) is 0.618. The molecule has 5 nitrogen and oxygen atoms in total. The average Bonchev–Trinajstić information content (AvgIpc) is 2.35. The molecule has 1 N–H and O–H groups in total. The van der Waals surface area contributed by atoms with Crippen molar-refractivity contribution >= 4 is 22.7 Å². The van der Waals surface area contributed by atoms with Crippen molar-refractivity contribution in [3.63, 3.8) is 0 Å². The Labute approximate surface area is 78.9 Å². The van der Waals surface area contributed by atoms with Crippen molar-refractivity contribution in [2.24, 2.45) is 0 Å². The lowest BCUT2D eigenvalue weighted by Gasteiger charge is -2.15. The summed E-state index contributed by atoms with van der Waals surface area (Å²) in [6.07, 6.45) is 1.56. The van der Waals surface area contributed by atoms with Crippen molar-refractivity contribution in [2.75, 3.05) is 19.3 Å². The van der Waals surface area contributed by atoms with Crippen molar-refractivity contribution in [1.82, 2.24) is 10.2 Å². The van der Waals surface area contributed by atoms with Gasteiger partial charge in [-0.15, -0.1) is 0 Å². The van der Waals surface area contributed by atoms with Crippen molar-refractivity contribution in [3.8, 4) is 0 Å². The molecular formula is C7H12N2O3S. The van der Waals surface area contributed by atoms with E-state index in [0.717, 1.165) is 4.90 Å². The van der Waals surface area contributed by atoms with Crippen LogP contribution < -0.4 is 5.32 Å². The lowest BCUT2D eigenvalue weighted by molar-refractivity contribution is -0.124. The summed E-state index contributed by atoms with van der Waals surface area (Å²) in [7, 11) is -1.01. The monoisotopic (exact) mass is 204 g/mol. The third kappa shape index (κ3) is 2.27. The predicted octanol–water partition coefficient (Wildman–Crippen LogP) is -0.695. The summed E-state index contributed by atoms with van der Waals surface area (Å²) in [6.45, 7) is 2.03. The highest BCUT2D eigenvalue weighted by Crippen LogP contribution is 2.03. The molecule has 0 saturated carbocycles. The summed E-state index contributed by atoms with van der Waals surface area (Å²) in [4.78, 5) is 23.2. The maximum atomic E-state index is 11.1. The SMILES string of the molecule is CC(CN1C(=O)CNC1=O)S(C)=O. The second-order valence-electron chi connectivity index (χ2n) is 2.97.